The summed E-state index contributed by atoms with van der Waals surface area (Å²) < 4.78 is 18.4. The molecule has 28 heavy (non-hydrogen) atoms. The Kier molecular flexibility index (Phi) is 4.95. The highest BCUT2D eigenvalue weighted by Crippen LogP contribution is 2.23. The van der Waals surface area contributed by atoms with Crippen LogP contribution in [0.15, 0.2) is 41.1 Å². The SMILES string of the molecule is Cc1noc(-c2ccc(N3CC[C@@H](NC(=O)c4ccc(F)c(Cl)c4)C3)nc2)n1. The largest absolute Gasteiger partial charge is 0.354 e. The third kappa shape index (κ3) is 3.82. The second-order valence-corrected chi connectivity index (χ2v) is 6.99. The zero-order chi connectivity index (χ0) is 19.7. The highest BCUT2D eigenvalue weighted by molar-refractivity contribution is 6.31. The summed E-state index contributed by atoms with van der Waals surface area (Å²) in [5, 5.41) is 6.66. The lowest BCUT2D eigenvalue weighted by Gasteiger charge is -2.18. The third-order valence-corrected chi connectivity index (χ3v) is 4.84. The quantitative estimate of drug-likeness (QED) is 0.722. The molecule has 0 radical (unpaired) electrons. The summed E-state index contributed by atoms with van der Waals surface area (Å²) in [5.41, 5.74) is 1.09. The van der Waals surface area contributed by atoms with Gasteiger partial charge >= 0.3 is 0 Å². The summed E-state index contributed by atoms with van der Waals surface area (Å²) in [6.45, 7) is 3.15. The molecule has 1 fully saturated rings. The molecule has 144 valence electrons. The topological polar surface area (TPSA) is 84.2 Å². The monoisotopic (exact) mass is 401 g/mol. The van der Waals surface area contributed by atoms with E-state index in [0.717, 1.165) is 24.3 Å². The predicted molar refractivity (Wildman–Crippen MR) is 102 cm³/mol. The molecule has 0 unspecified atom stereocenters. The van der Waals surface area contributed by atoms with Crippen LogP contribution in [-0.2, 0) is 0 Å². The van der Waals surface area contributed by atoms with Crippen molar-refractivity contribution < 1.29 is 13.7 Å². The van der Waals surface area contributed by atoms with Gasteiger partial charge in [-0.3, -0.25) is 4.79 Å². The number of nitrogens with one attached hydrogen (secondary N) is 1. The maximum Gasteiger partial charge on any atom is 0.259 e. The molecule has 1 atom stereocenters. The number of halogens is 2. The summed E-state index contributed by atoms with van der Waals surface area (Å²) in [6, 6.07) is 7.67. The second-order valence-electron chi connectivity index (χ2n) is 6.59. The molecule has 1 saturated heterocycles. The zero-order valence-electron chi connectivity index (χ0n) is 15.0. The summed E-state index contributed by atoms with van der Waals surface area (Å²) in [5.74, 6) is 0.988. The van der Waals surface area contributed by atoms with E-state index < -0.39 is 5.82 Å². The number of anilines is 1. The van der Waals surface area contributed by atoms with Crippen molar-refractivity contribution in [2.75, 3.05) is 18.0 Å². The molecule has 0 spiro atoms. The standard InChI is InChI=1S/C19H17ClFN5O2/c1-11-23-19(28-25-11)13-3-5-17(22-9-13)26-7-6-14(10-26)24-18(27)12-2-4-16(21)15(20)8-12/h2-5,8-9,14H,6-7,10H2,1H3,(H,24,27)/t14-/m1/s1. The fraction of sp³-hybridized carbons (Fsp3) is 0.263. The molecule has 4 rings (SSSR count). The van der Waals surface area contributed by atoms with Gasteiger partial charge in [-0.15, -0.1) is 0 Å². The molecule has 1 N–H and O–H groups in total. The van der Waals surface area contributed by atoms with E-state index >= 15 is 0 Å². The summed E-state index contributed by atoms with van der Waals surface area (Å²) in [6.07, 6.45) is 2.47. The molecule has 1 aromatic carbocycles. The van der Waals surface area contributed by atoms with Gasteiger partial charge in [-0.2, -0.15) is 4.98 Å². The van der Waals surface area contributed by atoms with Crippen molar-refractivity contribution in [3.8, 4) is 11.5 Å². The minimum Gasteiger partial charge on any atom is -0.354 e. The molecule has 0 bridgehead atoms. The van der Waals surface area contributed by atoms with Crippen LogP contribution in [0.1, 0.15) is 22.6 Å². The molecule has 1 aliphatic rings. The highest BCUT2D eigenvalue weighted by Gasteiger charge is 2.25. The molecule has 9 heteroatoms. The number of amides is 1. The van der Waals surface area contributed by atoms with E-state index in [1.807, 2.05) is 12.1 Å². The van der Waals surface area contributed by atoms with Crippen molar-refractivity contribution in [2.24, 2.45) is 0 Å². The van der Waals surface area contributed by atoms with E-state index in [9.17, 15) is 9.18 Å². The fourth-order valence-electron chi connectivity index (χ4n) is 3.11. The van der Waals surface area contributed by atoms with E-state index in [4.69, 9.17) is 16.1 Å². The van der Waals surface area contributed by atoms with Crippen LogP contribution in [0.3, 0.4) is 0 Å². The van der Waals surface area contributed by atoms with Crippen LogP contribution < -0.4 is 10.2 Å². The Morgan fingerprint density at radius 3 is 2.89 bits per heavy atom. The van der Waals surface area contributed by atoms with Crippen LogP contribution >= 0.6 is 11.6 Å². The lowest BCUT2D eigenvalue weighted by molar-refractivity contribution is 0.0940. The number of benzene rings is 1. The first-order chi connectivity index (χ1) is 13.5. The van der Waals surface area contributed by atoms with E-state index in [2.05, 4.69) is 25.3 Å². The number of hydrogen-bond acceptors (Lipinski definition) is 6. The first-order valence-electron chi connectivity index (χ1n) is 8.77. The van der Waals surface area contributed by atoms with Crippen LogP contribution in [0.4, 0.5) is 10.2 Å². The van der Waals surface area contributed by atoms with Crippen molar-refractivity contribution >= 4 is 23.3 Å². The molecule has 3 heterocycles. The maximum absolute atomic E-state index is 13.3. The van der Waals surface area contributed by atoms with Crippen LogP contribution in [0.5, 0.6) is 0 Å². The van der Waals surface area contributed by atoms with Gasteiger partial charge in [0, 0.05) is 30.9 Å². The summed E-state index contributed by atoms with van der Waals surface area (Å²) >= 11 is 5.75. The Labute approximate surface area is 165 Å². The van der Waals surface area contributed by atoms with E-state index in [-0.39, 0.29) is 17.0 Å². The zero-order valence-corrected chi connectivity index (χ0v) is 15.8. The smallest absolute Gasteiger partial charge is 0.259 e. The number of aromatic nitrogens is 3. The molecule has 1 amide bonds. The van der Waals surface area contributed by atoms with Gasteiger partial charge < -0.3 is 14.7 Å². The van der Waals surface area contributed by atoms with Crippen LogP contribution in [-0.4, -0.2) is 40.2 Å². The van der Waals surface area contributed by atoms with Crippen LogP contribution in [0.2, 0.25) is 5.02 Å². The predicted octanol–water partition coefficient (Wildman–Crippen LogP) is 3.24. The molecule has 2 aromatic heterocycles. The average molecular weight is 402 g/mol. The third-order valence-electron chi connectivity index (χ3n) is 4.55. The number of aryl methyl sites for hydroxylation is 1. The fourth-order valence-corrected chi connectivity index (χ4v) is 3.29. The van der Waals surface area contributed by atoms with Crippen molar-refractivity contribution in [2.45, 2.75) is 19.4 Å². The first kappa shape index (κ1) is 18.4. The lowest BCUT2D eigenvalue weighted by Crippen LogP contribution is -2.37. The Bertz CT molecular complexity index is 1010. The maximum atomic E-state index is 13.3. The van der Waals surface area contributed by atoms with Gasteiger partial charge in [-0.25, -0.2) is 9.37 Å². The van der Waals surface area contributed by atoms with Gasteiger partial charge in [0.2, 0.25) is 0 Å². The first-order valence-corrected chi connectivity index (χ1v) is 9.15. The Morgan fingerprint density at radius 1 is 1.36 bits per heavy atom. The van der Waals surface area contributed by atoms with Gasteiger partial charge in [0.1, 0.15) is 11.6 Å². The Balaban J connectivity index is 1.38. The highest BCUT2D eigenvalue weighted by atomic mass is 35.5. The lowest BCUT2D eigenvalue weighted by atomic mass is 10.2. The van der Waals surface area contributed by atoms with Gasteiger partial charge in [0.15, 0.2) is 5.82 Å². The van der Waals surface area contributed by atoms with Crippen molar-refractivity contribution in [3.05, 3.63) is 58.8 Å². The van der Waals surface area contributed by atoms with E-state index in [1.54, 1.807) is 13.1 Å². The van der Waals surface area contributed by atoms with Crippen LogP contribution in [0.25, 0.3) is 11.5 Å². The van der Waals surface area contributed by atoms with Crippen molar-refractivity contribution in [1.29, 1.82) is 0 Å². The number of rotatable bonds is 4. The van der Waals surface area contributed by atoms with Gasteiger partial charge in [-0.1, -0.05) is 16.8 Å². The second kappa shape index (κ2) is 7.55. The number of pyridine rings is 1. The Morgan fingerprint density at radius 2 is 2.21 bits per heavy atom. The van der Waals surface area contributed by atoms with Gasteiger partial charge in [0.25, 0.3) is 11.8 Å². The van der Waals surface area contributed by atoms with Gasteiger partial charge in [-0.05, 0) is 43.7 Å². The molecule has 1 aliphatic heterocycles. The number of hydrogen-bond donors (Lipinski definition) is 1. The minimum atomic E-state index is -0.546. The van der Waals surface area contributed by atoms with Gasteiger partial charge in [0.05, 0.1) is 10.6 Å². The molecular weight excluding hydrogens is 385 g/mol. The van der Waals surface area contributed by atoms with Crippen LogP contribution in [0, 0.1) is 12.7 Å². The molecule has 7 nitrogen and oxygen atoms in total. The molecule has 0 aliphatic carbocycles. The number of nitrogens with zero attached hydrogens (tertiary/aromatic N) is 4. The normalized spacial score (nSPS) is 16.4. The van der Waals surface area contributed by atoms with Crippen molar-refractivity contribution in [1.82, 2.24) is 20.4 Å². The molecule has 3 aromatic rings. The minimum absolute atomic E-state index is 0.0311. The average Bonchev–Trinajstić information content (AvgIpc) is 3.33. The number of carbonyl (C=O) groups is 1. The summed E-state index contributed by atoms with van der Waals surface area (Å²) in [7, 11) is 0. The van der Waals surface area contributed by atoms with Crippen molar-refractivity contribution in [3.63, 3.8) is 0 Å². The summed E-state index contributed by atoms with van der Waals surface area (Å²) in [4.78, 5) is 23.1. The Hall–Kier alpha value is -3.00. The van der Waals surface area contributed by atoms with E-state index in [1.165, 1.54) is 18.2 Å². The van der Waals surface area contributed by atoms with E-state index in [0.29, 0.717) is 23.8 Å². The molecule has 0 saturated carbocycles. The molecular formula is C19H17ClFN5O2. The number of carbonyl (C=O) groups excluding carboxylic acids is 1.